The lowest BCUT2D eigenvalue weighted by molar-refractivity contribution is 0.527. The zero-order valence-electron chi connectivity index (χ0n) is 10.6. The summed E-state index contributed by atoms with van der Waals surface area (Å²) in [7, 11) is 0. The van der Waals surface area contributed by atoms with Crippen LogP contribution in [0.25, 0.3) is 0 Å². The minimum atomic E-state index is 0.0450. The fourth-order valence-electron chi connectivity index (χ4n) is 1.79. The lowest BCUT2D eigenvalue weighted by atomic mass is 10.1. The molecule has 2 aromatic heterocycles. The summed E-state index contributed by atoms with van der Waals surface area (Å²) >= 11 is 1.48. The SMILES string of the molecule is Cc1cc(C)c(C(=N)N)c(Sc2ccoc2C)n1. The molecular formula is C13H15N3OS. The number of pyridine rings is 1. The molecule has 0 aromatic carbocycles. The molecule has 0 aliphatic heterocycles. The van der Waals surface area contributed by atoms with Gasteiger partial charge in [-0.2, -0.15) is 0 Å². The van der Waals surface area contributed by atoms with Crippen LogP contribution < -0.4 is 5.73 Å². The minimum Gasteiger partial charge on any atom is -0.468 e. The van der Waals surface area contributed by atoms with E-state index in [1.807, 2.05) is 32.9 Å². The van der Waals surface area contributed by atoms with E-state index in [0.717, 1.165) is 26.9 Å². The highest BCUT2D eigenvalue weighted by Crippen LogP contribution is 2.33. The molecule has 4 nitrogen and oxygen atoms in total. The number of nitrogens with one attached hydrogen (secondary N) is 1. The summed E-state index contributed by atoms with van der Waals surface area (Å²) in [5.41, 5.74) is 8.23. The Labute approximate surface area is 110 Å². The Morgan fingerprint density at radius 1 is 1.39 bits per heavy atom. The number of nitrogens with zero attached hydrogens (tertiary/aromatic N) is 1. The van der Waals surface area contributed by atoms with Crippen molar-refractivity contribution >= 4 is 17.6 Å². The molecule has 0 radical (unpaired) electrons. The van der Waals surface area contributed by atoms with E-state index in [4.69, 9.17) is 15.6 Å². The summed E-state index contributed by atoms with van der Waals surface area (Å²) in [6.45, 7) is 5.78. The number of rotatable bonds is 3. The third-order valence-corrected chi connectivity index (χ3v) is 3.73. The van der Waals surface area contributed by atoms with Crippen LogP contribution in [0.15, 0.2) is 32.7 Å². The fourth-order valence-corrected chi connectivity index (χ4v) is 2.87. The minimum absolute atomic E-state index is 0.0450. The van der Waals surface area contributed by atoms with Gasteiger partial charge in [0.2, 0.25) is 0 Å². The van der Waals surface area contributed by atoms with Gasteiger partial charge >= 0.3 is 0 Å². The molecule has 0 aliphatic rings. The van der Waals surface area contributed by atoms with E-state index in [2.05, 4.69) is 4.98 Å². The highest BCUT2D eigenvalue weighted by molar-refractivity contribution is 7.99. The van der Waals surface area contributed by atoms with Crippen molar-refractivity contribution in [3.8, 4) is 0 Å². The molecule has 18 heavy (non-hydrogen) atoms. The van der Waals surface area contributed by atoms with Crippen molar-refractivity contribution in [1.82, 2.24) is 4.98 Å². The van der Waals surface area contributed by atoms with Crippen LogP contribution in [0.4, 0.5) is 0 Å². The van der Waals surface area contributed by atoms with Crippen LogP contribution in [0.2, 0.25) is 0 Å². The highest BCUT2D eigenvalue weighted by Gasteiger charge is 2.14. The summed E-state index contributed by atoms with van der Waals surface area (Å²) in [6.07, 6.45) is 1.65. The molecule has 0 amide bonds. The lowest BCUT2D eigenvalue weighted by Gasteiger charge is -2.10. The maximum atomic E-state index is 7.67. The molecule has 0 atom stereocenters. The van der Waals surface area contributed by atoms with Gasteiger partial charge in [-0.1, -0.05) is 11.8 Å². The van der Waals surface area contributed by atoms with Crippen molar-refractivity contribution in [2.45, 2.75) is 30.7 Å². The van der Waals surface area contributed by atoms with Crippen LogP contribution in [-0.2, 0) is 0 Å². The summed E-state index contributed by atoms with van der Waals surface area (Å²) < 4.78 is 5.26. The van der Waals surface area contributed by atoms with Gasteiger partial charge in [0.1, 0.15) is 16.6 Å². The normalized spacial score (nSPS) is 10.6. The van der Waals surface area contributed by atoms with E-state index >= 15 is 0 Å². The molecule has 2 aromatic rings. The van der Waals surface area contributed by atoms with Crippen molar-refractivity contribution < 1.29 is 4.42 Å². The first kappa shape index (κ1) is 12.7. The predicted octanol–water partition coefficient (Wildman–Crippen LogP) is 3.04. The molecule has 0 unspecified atom stereocenters. The Kier molecular flexibility index (Phi) is 3.43. The van der Waals surface area contributed by atoms with E-state index < -0.39 is 0 Å². The van der Waals surface area contributed by atoms with Gasteiger partial charge in [0.05, 0.1) is 16.7 Å². The van der Waals surface area contributed by atoms with E-state index in [1.165, 1.54) is 11.8 Å². The Hall–Kier alpha value is -1.75. The molecule has 2 rings (SSSR count). The third kappa shape index (κ3) is 2.41. The largest absolute Gasteiger partial charge is 0.468 e. The van der Waals surface area contributed by atoms with Gasteiger partial charge in [0.15, 0.2) is 0 Å². The van der Waals surface area contributed by atoms with Crippen molar-refractivity contribution in [3.63, 3.8) is 0 Å². The highest BCUT2D eigenvalue weighted by atomic mass is 32.2. The second kappa shape index (κ2) is 4.86. The fraction of sp³-hybridized carbons (Fsp3) is 0.231. The van der Waals surface area contributed by atoms with Gasteiger partial charge in [0, 0.05) is 5.69 Å². The molecule has 3 N–H and O–H groups in total. The Morgan fingerprint density at radius 2 is 2.11 bits per heavy atom. The predicted molar refractivity (Wildman–Crippen MR) is 72.3 cm³/mol. The van der Waals surface area contributed by atoms with Crippen LogP contribution in [-0.4, -0.2) is 10.8 Å². The van der Waals surface area contributed by atoms with Gasteiger partial charge < -0.3 is 10.2 Å². The summed E-state index contributed by atoms with van der Waals surface area (Å²) in [5.74, 6) is 0.888. The van der Waals surface area contributed by atoms with Gasteiger partial charge in [-0.15, -0.1) is 0 Å². The summed E-state index contributed by atoms with van der Waals surface area (Å²) in [4.78, 5) is 5.47. The smallest absolute Gasteiger partial charge is 0.125 e. The molecular weight excluding hydrogens is 246 g/mol. The summed E-state index contributed by atoms with van der Waals surface area (Å²) in [6, 6.07) is 3.83. The van der Waals surface area contributed by atoms with E-state index in [0.29, 0.717) is 5.56 Å². The quantitative estimate of drug-likeness (QED) is 0.657. The zero-order chi connectivity index (χ0) is 13.3. The zero-order valence-corrected chi connectivity index (χ0v) is 11.4. The molecule has 2 heterocycles. The Balaban J connectivity index is 2.49. The molecule has 0 bridgehead atoms. The standard InChI is InChI=1S/C13H15N3OS/c1-7-6-8(2)16-13(11(7)12(14)15)18-10-4-5-17-9(10)3/h4-6H,1-3H3,(H3,14,15). The number of nitrogens with two attached hydrogens (primary N) is 1. The maximum Gasteiger partial charge on any atom is 0.125 e. The monoisotopic (exact) mass is 261 g/mol. The number of hydrogen-bond acceptors (Lipinski definition) is 4. The number of aryl methyl sites for hydroxylation is 3. The average molecular weight is 261 g/mol. The van der Waals surface area contributed by atoms with Crippen molar-refractivity contribution in [3.05, 3.63) is 41.0 Å². The molecule has 5 heteroatoms. The first-order valence-electron chi connectivity index (χ1n) is 5.53. The molecule has 0 spiro atoms. The molecule has 0 saturated heterocycles. The van der Waals surface area contributed by atoms with E-state index in [-0.39, 0.29) is 5.84 Å². The molecule has 0 fully saturated rings. The maximum absolute atomic E-state index is 7.67. The van der Waals surface area contributed by atoms with Crippen LogP contribution >= 0.6 is 11.8 Å². The van der Waals surface area contributed by atoms with Crippen molar-refractivity contribution in [2.24, 2.45) is 5.73 Å². The van der Waals surface area contributed by atoms with Gasteiger partial charge in [-0.05, 0) is 38.5 Å². The number of nitrogen functional groups attached to an aromatic ring is 1. The van der Waals surface area contributed by atoms with E-state index in [1.54, 1.807) is 6.26 Å². The molecule has 94 valence electrons. The van der Waals surface area contributed by atoms with Crippen molar-refractivity contribution in [2.75, 3.05) is 0 Å². The number of furan rings is 1. The Bertz CT molecular complexity index is 604. The van der Waals surface area contributed by atoms with Crippen molar-refractivity contribution in [1.29, 1.82) is 5.41 Å². The van der Waals surface area contributed by atoms with Crippen LogP contribution in [0.5, 0.6) is 0 Å². The lowest BCUT2D eigenvalue weighted by Crippen LogP contribution is -2.15. The van der Waals surface area contributed by atoms with Crippen LogP contribution in [0.1, 0.15) is 22.6 Å². The Morgan fingerprint density at radius 3 is 2.67 bits per heavy atom. The second-order valence-electron chi connectivity index (χ2n) is 4.12. The van der Waals surface area contributed by atoms with Gasteiger partial charge in [0.25, 0.3) is 0 Å². The average Bonchev–Trinajstić information content (AvgIpc) is 2.62. The van der Waals surface area contributed by atoms with Gasteiger partial charge in [-0.25, -0.2) is 4.98 Å². The second-order valence-corrected chi connectivity index (χ2v) is 5.15. The number of hydrogen-bond donors (Lipinski definition) is 2. The summed E-state index contributed by atoms with van der Waals surface area (Å²) in [5, 5.41) is 8.43. The molecule has 0 aliphatic carbocycles. The first-order chi connectivity index (χ1) is 8.49. The van der Waals surface area contributed by atoms with Crippen LogP contribution in [0.3, 0.4) is 0 Å². The first-order valence-corrected chi connectivity index (χ1v) is 6.35. The number of amidine groups is 1. The topological polar surface area (TPSA) is 75.9 Å². The van der Waals surface area contributed by atoms with E-state index in [9.17, 15) is 0 Å². The number of aromatic nitrogens is 1. The van der Waals surface area contributed by atoms with Crippen LogP contribution in [0, 0.1) is 26.2 Å². The molecule has 0 saturated carbocycles. The third-order valence-electron chi connectivity index (χ3n) is 2.60. The van der Waals surface area contributed by atoms with Gasteiger partial charge in [-0.3, -0.25) is 5.41 Å².